The minimum atomic E-state index is -0.918. The Morgan fingerprint density at radius 1 is 1.00 bits per heavy atom. The number of aliphatic hydroxyl groups excluding tert-OH is 1. The minimum Gasteiger partial charge on any atom is -0.507 e. The highest BCUT2D eigenvalue weighted by Crippen LogP contribution is 2.45. The van der Waals surface area contributed by atoms with Crippen LogP contribution in [0, 0.1) is 0 Å². The lowest BCUT2D eigenvalue weighted by atomic mass is 9.95. The predicted molar refractivity (Wildman–Crippen MR) is 135 cm³/mol. The maximum absolute atomic E-state index is 13.3. The standard InChI is InChI=1S/C26H19ClN2O5S/c1-33-17-8-6-14(7-9-17)23(30)21-22(15-4-3-5-16(27)12-15)29(25(32)24(21)31)26-28-19-11-10-18(34-2)13-20(19)35-26/h3-13,22,30H,1-2H3/b23-21+. The van der Waals surface area contributed by atoms with Gasteiger partial charge in [-0.05, 0) is 60.2 Å². The first-order valence-electron chi connectivity index (χ1n) is 10.6. The summed E-state index contributed by atoms with van der Waals surface area (Å²) in [5.41, 5.74) is 1.57. The fourth-order valence-electron chi connectivity index (χ4n) is 4.05. The number of carbonyl (C=O) groups excluding carboxylic acids is 2. The summed E-state index contributed by atoms with van der Waals surface area (Å²) >= 11 is 7.51. The number of methoxy groups -OCH3 is 2. The zero-order valence-electron chi connectivity index (χ0n) is 18.7. The molecule has 176 valence electrons. The van der Waals surface area contributed by atoms with E-state index in [-0.39, 0.29) is 11.3 Å². The number of aliphatic hydroxyl groups is 1. The number of Topliss-reactive ketones (excluding diaryl/α,β-unsaturated/α-hetero) is 1. The van der Waals surface area contributed by atoms with Gasteiger partial charge in [0.15, 0.2) is 5.13 Å². The van der Waals surface area contributed by atoms with Gasteiger partial charge in [-0.15, -0.1) is 0 Å². The molecule has 0 aliphatic carbocycles. The second-order valence-corrected chi connectivity index (χ2v) is 9.23. The molecule has 4 aromatic rings. The van der Waals surface area contributed by atoms with E-state index in [1.807, 2.05) is 6.07 Å². The van der Waals surface area contributed by atoms with Gasteiger partial charge in [-0.2, -0.15) is 0 Å². The summed E-state index contributed by atoms with van der Waals surface area (Å²) in [6.45, 7) is 0. The molecule has 1 aromatic heterocycles. The molecule has 2 heterocycles. The number of benzene rings is 3. The monoisotopic (exact) mass is 506 g/mol. The minimum absolute atomic E-state index is 0.0423. The third-order valence-electron chi connectivity index (χ3n) is 5.76. The Morgan fingerprint density at radius 2 is 1.71 bits per heavy atom. The lowest BCUT2D eigenvalue weighted by molar-refractivity contribution is -0.132. The molecule has 7 nitrogen and oxygen atoms in total. The summed E-state index contributed by atoms with van der Waals surface area (Å²) in [5, 5.41) is 12.0. The second-order valence-electron chi connectivity index (χ2n) is 7.78. The van der Waals surface area contributed by atoms with Crippen molar-refractivity contribution < 1.29 is 24.2 Å². The molecule has 9 heteroatoms. The van der Waals surface area contributed by atoms with Crippen LogP contribution in [0.4, 0.5) is 5.13 Å². The van der Waals surface area contributed by atoms with Crippen LogP contribution in [-0.2, 0) is 9.59 Å². The van der Waals surface area contributed by atoms with Gasteiger partial charge >= 0.3 is 5.91 Å². The number of thiazole rings is 1. The van der Waals surface area contributed by atoms with Crippen LogP contribution in [0.15, 0.2) is 72.3 Å². The highest BCUT2D eigenvalue weighted by atomic mass is 35.5. The molecule has 0 saturated carbocycles. The van der Waals surface area contributed by atoms with E-state index in [1.165, 1.54) is 23.3 Å². The first kappa shape index (κ1) is 22.9. The van der Waals surface area contributed by atoms with Crippen LogP contribution < -0.4 is 14.4 Å². The topological polar surface area (TPSA) is 89.0 Å². The van der Waals surface area contributed by atoms with Crippen molar-refractivity contribution in [2.24, 2.45) is 0 Å². The summed E-state index contributed by atoms with van der Waals surface area (Å²) in [4.78, 5) is 32.6. The number of amides is 1. The Bertz CT molecular complexity index is 1500. The highest BCUT2D eigenvalue weighted by molar-refractivity contribution is 7.22. The van der Waals surface area contributed by atoms with E-state index in [0.717, 1.165) is 4.70 Å². The average molecular weight is 507 g/mol. The van der Waals surface area contributed by atoms with Crippen LogP contribution in [0.3, 0.4) is 0 Å². The molecular weight excluding hydrogens is 488 g/mol. The number of fused-ring (bicyclic) bond motifs is 1. The smallest absolute Gasteiger partial charge is 0.301 e. The zero-order valence-corrected chi connectivity index (χ0v) is 20.3. The lowest BCUT2D eigenvalue weighted by Gasteiger charge is -2.23. The van der Waals surface area contributed by atoms with Gasteiger partial charge in [0, 0.05) is 10.6 Å². The van der Waals surface area contributed by atoms with Gasteiger partial charge in [0.05, 0.1) is 36.1 Å². The highest BCUT2D eigenvalue weighted by Gasteiger charge is 2.48. The van der Waals surface area contributed by atoms with Gasteiger partial charge in [0.25, 0.3) is 5.78 Å². The molecule has 1 aliphatic heterocycles. The molecule has 35 heavy (non-hydrogen) atoms. The van der Waals surface area contributed by atoms with Crippen molar-refractivity contribution in [1.82, 2.24) is 4.98 Å². The van der Waals surface area contributed by atoms with Crippen LogP contribution >= 0.6 is 22.9 Å². The molecule has 1 atom stereocenters. The number of halogens is 1. The molecule has 1 unspecified atom stereocenters. The van der Waals surface area contributed by atoms with Gasteiger partial charge in [0.2, 0.25) is 0 Å². The molecule has 0 radical (unpaired) electrons. The van der Waals surface area contributed by atoms with Crippen molar-refractivity contribution in [2.75, 3.05) is 19.1 Å². The third kappa shape index (κ3) is 4.00. The van der Waals surface area contributed by atoms with Crippen molar-refractivity contribution in [3.8, 4) is 11.5 Å². The van der Waals surface area contributed by atoms with Crippen LogP contribution in [0.1, 0.15) is 17.2 Å². The molecule has 1 fully saturated rings. The van der Waals surface area contributed by atoms with Gasteiger partial charge in [-0.25, -0.2) is 4.98 Å². The number of nitrogens with zero attached hydrogens (tertiary/aromatic N) is 2. The molecule has 0 spiro atoms. The molecule has 1 aliphatic rings. The number of carbonyl (C=O) groups is 2. The molecule has 1 amide bonds. The summed E-state index contributed by atoms with van der Waals surface area (Å²) in [6, 6.07) is 17.9. The Morgan fingerprint density at radius 3 is 2.40 bits per heavy atom. The fraction of sp³-hybridized carbons (Fsp3) is 0.115. The van der Waals surface area contributed by atoms with Gasteiger partial charge in [-0.3, -0.25) is 14.5 Å². The van der Waals surface area contributed by atoms with Crippen molar-refractivity contribution in [3.05, 3.63) is 88.5 Å². The maximum Gasteiger partial charge on any atom is 0.301 e. The first-order valence-corrected chi connectivity index (χ1v) is 11.8. The average Bonchev–Trinajstić information content (AvgIpc) is 3.41. The van der Waals surface area contributed by atoms with Gasteiger partial charge < -0.3 is 14.6 Å². The maximum atomic E-state index is 13.3. The van der Waals surface area contributed by atoms with E-state index in [0.29, 0.717) is 38.3 Å². The van der Waals surface area contributed by atoms with Crippen molar-refractivity contribution in [1.29, 1.82) is 0 Å². The molecule has 1 saturated heterocycles. The quantitative estimate of drug-likeness (QED) is 0.215. The molecule has 0 bridgehead atoms. The normalized spacial score (nSPS) is 17.2. The zero-order chi connectivity index (χ0) is 24.7. The predicted octanol–water partition coefficient (Wildman–Crippen LogP) is 5.59. The van der Waals surface area contributed by atoms with E-state index in [9.17, 15) is 14.7 Å². The number of hydrogen-bond donors (Lipinski definition) is 1. The molecule has 3 aromatic carbocycles. The number of ketones is 1. The Balaban J connectivity index is 1.70. The largest absolute Gasteiger partial charge is 0.507 e. The molecular formula is C26H19ClN2O5S. The number of aromatic nitrogens is 1. The van der Waals surface area contributed by atoms with Gasteiger partial charge in [-0.1, -0.05) is 35.1 Å². The third-order valence-corrected chi connectivity index (χ3v) is 7.02. The fourth-order valence-corrected chi connectivity index (χ4v) is 5.27. The van der Waals surface area contributed by atoms with E-state index >= 15 is 0 Å². The van der Waals surface area contributed by atoms with Crippen molar-refractivity contribution in [3.63, 3.8) is 0 Å². The van der Waals surface area contributed by atoms with Crippen LogP contribution in [0.5, 0.6) is 11.5 Å². The van der Waals surface area contributed by atoms with Gasteiger partial charge in [0.1, 0.15) is 17.3 Å². The van der Waals surface area contributed by atoms with E-state index in [2.05, 4.69) is 4.98 Å². The van der Waals surface area contributed by atoms with Crippen LogP contribution in [0.25, 0.3) is 16.0 Å². The lowest BCUT2D eigenvalue weighted by Crippen LogP contribution is -2.29. The Hall–Kier alpha value is -3.88. The Kier molecular flexibility index (Phi) is 5.92. The molecule has 1 N–H and O–H groups in total. The van der Waals surface area contributed by atoms with E-state index in [1.54, 1.807) is 67.8 Å². The summed E-state index contributed by atoms with van der Waals surface area (Å²) in [5.74, 6) is -0.628. The SMILES string of the molecule is COc1ccc(/C(O)=C2\C(=O)C(=O)N(c3nc4ccc(OC)cc4s3)C2c2cccc(Cl)c2)cc1. The van der Waals surface area contributed by atoms with E-state index in [4.69, 9.17) is 21.1 Å². The van der Waals surface area contributed by atoms with Crippen molar-refractivity contribution >= 4 is 55.7 Å². The molecule has 5 rings (SSSR count). The van der Waals surface area contributed by atoms with Crippen molar-refractivity contribution in [2.45, 2.75) is 6.04 Å². The van der Waals surface area contributed by atoms with Crippen LogP contribution in [-0.4, -0.2) is 36.0 Å². The Labute approximate surface area is 209 Å². The van der Waals surface area contributed by atoms with E-state index < -0.39 is 17.7 Å². The first-order chi connectivity index (χ1) is 16.9. The summed E-state index contributed by atoms with van der Waals surface area (Å²) in [7, 11) is 3.10. The number of ether oxygens (including phenoxy) is 2. The number of hydrogen-bond acceptors (Lipinski definition) is 7. The number of anilines is 1. The number of rotatable bonds is 5. The second kappa shape index (κ2) is 9.05. The van der Waals surface area contributed by atoms with Crippen LogP contribution in [0.2, 0.25) is 5.02 Å². The summed E-state index contributed by atoms with van der Waals surface area (Å²) in [6.07, 6.45) is 0. The summed E-state index contributed by atoms with van der Waals surface area (Å²) < 4.78 is 11.3.